The Hall–Kier alpha value is -5.64. The summed E-state index contributed by atoms with van der Waals surface area (Å²) in [7, 11) is -3.65. The minimum absolute atomic E-state index is 0.0494. The van der Waals surface area contributed by atoms with Gasteiger partial charge in [0.2, 0.25) is 34.9 Å². The van der Waals surface area contributed by atoms with Crippen molar-refractivity contribution in [1.29, 1.82) is 0 Å². The molecule has 278 valence electrons. The number of benzene rings is 5. The molecule has 0 saturated carbocycles. The third kappa shape index (κ3) is 6.00. The number of hydrogen-bond acceptors (Lipinski definition) is 2. The van der Waals surface area contributed by atoms with Crippen LogP contribution in [-0.2, 0) is 0 Å². The van der Waals surface area contributed by atoms with Crippen molar-refractivity contribution in [3.8, 4) is 33.8 Å². The minimum Gasteiger partial charge on any atom is -0.519 e. The monoisotopic (exact) mass is 786 g/mol. The lowest BCUT2D eigenvalue weighted by molar-refractivity contribution is 0.353. The predicted octanol–water partition coefficient (Wildman–Crippen LogP) is 9.66. The minimum atomic E-state index is -3.65. The van der Waals surface area contributed by atoms with E-state index >= 15 is 22.0 Å². The maximum Gasteiger partial charge on any atom is 0.635 e. The van der Waals surface area contributed by atoms with Crippen LogP contribution in [-0.4, -0.2) is 7.12 Å². The van der Waals surface area contributed by atoms with E-state index in [2.05, 4.69) is 9.31 Å². The summed E-state index contributed by atoms with van der Waals surface area (Å²) in [6.45, 7) is 0. The van der Waals surface area contributed by atoms with Crippen molar-refractivity contribution in [1.82, 2.24) is 0 Å². The van der Waals surface area contributed by atoms with Crippen LogP contribution in [0.25, 0.3) is 22.3 Å². The Bertz CT molecular complexity index is 2190. The topological polar surface area (TPSA) is 18.5 Å². The van der Waals surface area contributed by atoms with Gasteiger partial charge >= 0.3 is 7.12 Å². The fourth-order valence-corrected chi connectivity index (χ4v) is 4.60. The van der Waals surface area contributed by atoms with Crippen LogP contribution < -0.4 is 14.8 Å². The van der Waals surface area contributed by atoms with Crippen molar-refractivity contribution in [3.05, 3.63) is 135 Å². The maximum absolute atomic E-state index is 15.3. The molecule has 5 aromatic carbocycles. The van der Waals surface area contributed by atoms with Crippen LogP contribution >= 0.6 is 0 Å². The van der Waals surface area contributed by atoms with Gasteiger partial charge in [0.1, 0.15) is 11.6 Å². The van der Waals surface area contributed by atoms with Crippen LogP contribution in [0.5, 0.6) is 11.5 Å². The lowest BCUT2D eigenvalue weighted by atomic mass is 9.77. The van der Waals surface area contributed by atoms with E-state index in [0.717, 1.165) is 0 Å². The predicted molar refractivity (Wildman–Crippen MR) is 136 cm³/mol. The van der Waals surface area contributed by atoms with Gasteiger partial charge in [0, 0.05) is 11.5 Å². The lowest BCUT2D eigenvalue weighted by Gasteiger charge is -2.23. The maximum atomic E-state index is 15.3. The molecule has 5 aromatic rings. The molecule has 0 amide bonds. The molecule has 53 heavy (non-hydrogen) atoms. The zero-order valence-electron chi connectivity index (χ0n) is 24.2. The summed E-state index contributed by atoms with van der Waals surface area (Å²) in [4.78, 5) is 0. The van der Waals surface area contributed by atoms with E-state index in [1.54, 1.807) is 0 Å². The molecule has 0 aromatic heterocycles. The van der Waals surface area contributed by atoms with Gasteiger partial charge in [0.15, 0.2) is 81.3 Å². The molecule has 0 fully saturated rings. The van der Waals surface area contributed by atoms with Crippen LogP contribution in [0.4, 0.5) is 87.8 Å². The molecule has 5 rings (SSSR count). The Kier molecular flexibility index (Phi) is 10.00. The molecule has 0 heterocycles. The van der Waals surface area contributed by atoms with Crippen LogP contribution in [0.2, 0.25) is 0 Å². The molecule has 0 unspecified atom stereocenters. The molecule has 0 aliphatic carbocycles. The molecule has 0 atom stereocenters. The van der Waals surface area contributed by atoms with Gasteiger partial charge < -0.3 is 9.31 Å². The normalized spacial score (nSPS) is 11.4. The van der Waals surface area contributed by atoms with Crippen molar-refractivity contribution < 1.29 is 97.1 Å². The lowest BCUT2D eigenvalue weighted by Crippen LogP contribution is -2.45. The summed E-state index contributed by atoms with van der Waals surface area (Å²) < 4.78 is 299. The highest BCUT2D eigenvalue weighted by atomic mass is 19.2. The second-order valence-electron chi connectivity index (χ2n) is 10.0. The van der Waals surface area contributed by atoms with Gasteiger partial charge in [0.25, 0.3) is 0 Å². The van der Waals surface area contributed by atoms with Crippen LogP contribution in [0, 0.1) is 116 Å². The highest BCUT2D eigenvalue weighted by Crippen LogP contribution is 2.45. The summed E-state index contributed by atoms with van der Waals surface area (Å²) in [6, 6.07) is -0.0123. The Labute approximate surface area is 278 Å². The molecule has 0 spiro atoms. The van der Waals surface area contributed by atoms with E-state index in [4.69, 9.17) is 0 Å². The van der Waals surface area contributed by atoms with Crippen LogP contribution in [0.1, 0.15) is 0 Å². The number of hydrogen-bond donors (Lipinski definition) is 0. The summed E-state index contributed by atoms with van der Waals surface area (Å²) >= 11 is 0. The highest BCUT2D eigenvalue weighted by molar-refractivity contribution is 6.63. The van der Waals surface area contributed by atoms with Crippen molar-refractivity contribution in [2.45, 2.75) is 0 Å². The Morgan fingerprint density at radius 1 is 0.302 bits per heavy atom. The van der Waals surface area contributed by atoms with E-state index in [1.807, 2.05) is 0 Å². The summed E-state index contributed by atoms with van der Waals surface area (Å²) in [6.07, 6.45) is 0. The van der Waals surface area contributed by atoms with E-state index in [9.17, 15) is 65.9 Å². The van der Waals surface area contributed by atoms with Crippen molar-refractivity contribution in [2.75, 3.05) is 0 Å². The Morgan fingerprint density at radius 2 is 0.566 bits per heavy atom. The van der Waals surface area contributed by atoms with E-state index in [1.165, 1.54) is 0 Å². The average Bonchev–Trinajstić information content (AvgIpc) is 3.12. The first kappa shape index (κ1) is 38.6. The second-order valence-corrected chi connectivity index (χ2v) is 10.0. The van der Waals surface area contributed by atoms with Gasteiger partial charge in [-0.25, -0.2) is 79.0 Å². The molecule has 23 heteroatoms. The Morgan fingerprint density at radius 3 is 0.868 bits per heavy atom. The van der Waals surface area contributed by atoms with Crippen LogP contribution in [0.15, 0.2) is 18.2 Å². The molecule has 0 aliphatic rings. The van der Waals surface area contributed by atoms with E-state index < -0.39 is 163 Å². The third-order valence-electron chi connectivity index (χ3n) is 7.03. The van der Waals surface area contributed by atoms with Crippen LogP contribution in [0.3, 0.4) is 0 Å². The van der Waals surface area contributed by atoms with E-state index in [-0.39, 0.29) is 18.2 Å². The fourth-order valence-electron chi connectivity index (χ4n) is 4.60. The summed E-state index contributed by atoms with van der Waals surface area (Å²) in [5.41, 5.74) is -12.3. The standard InChI is InChI=1S/C30H3BF20O2/c32-4-1-2-5(6(33)3-4)31(52-29-9(15(38)21(44)25(48)27(29)50)7-11(34)17(40)23(46)18(41)12(7)35)53-30-10(16(39)22(45)26(49)28(30)51)8-13(36)19(42)24(47)20(43)14(8)37/h1-3H. The highest BCUT2D eigenvalue weighted by Gasteiger charge is 2.42. The van der Waals surface area contributed by atoms with Gasteiger partial charge in [-0.2, -0.15) is 8.78 Å². The van der Waals surface area contributed by atoms with Gasteiger partial charge in [-0.1, -0.05) is 6.07 Å². The molecule has 0 aliphatic heterocycles. The molecule has 2 nitrogen and oxygen atoms in total. The SMILES string of the molecule is Fc1ccc(B(Oc2c(F)c(F)c(F)c(F)c2-c2c(F)c(F)c(F)c(F)c2F)Oc2c(F)c(F)c(F)c(F)c2-c2c(F)c(F)c(F)c(F)c2F)c(F)c1. The zero-order chi connectivity index (χ0) is 39.7. The van der Waals surface area contributed by atoms with Gasteiger partial charge in [-0.05, 0) is 6.07 Å². The molecule has 0 bridgehead atoms. The summed E-state index contributed by atoms with van der Waals surface area (Å²) in [5.74, 6) is -63.9. The van der Waals surface area contributed by atoms with Crippen molar-refractivity contribution in [2.24, 2.45) is 0 Å². The summed E-state index contributed by atoms with van der Waals surface area (Å²) in [5, 5.41) is 0. The Balaban J connectivity index is 1.89. The molecular formula is C30H3BF20O2. The smallest absolute Gasteiger partial charge is 0.519 e. The first-order chi connectivity index (χ1) is 24.6. The van der Waals surface area contributed by atoms with Crippen molar-refractivity contribution in [3.63, 3.8) is 0 Å². The first-order valence-electron chi connectivity index (χ1n) is 13.2. The van der Waals surface area contributed by atoms with E-state index in [0.29, 0.717) is 0 Å². The largest absolute Gasteiger partial charge is 0.635 e. The molecule has 0 N–H and O–H groups in total. The molecule has 0 radical (unpaired) electrons. The average molecular weight is 786 g/mol. The molecule has 0 saturated heterocycles. The molecular weight excluding hydrogens is 783 g/mol. The van der Waals surface area contributed by atoms with Gasteiger partial charge in [-0.15, -0.1) is 0 Å². The van der Waals surface area contributed by atoms with Crippen molar-refractivity contribution >= 4 is 12.6 Å². The fraction of sp³-hybridized carbons (Fsp3) is 0. The quantitative estimate of drug-likeness (QED) is 0.0709. The number of rotatable bonds is 7. The number of halogens is 20. The third-order valence-corrected chi connectivity index (χ3v) is 7.03. The zero-order valence-corrected chi connectivity index (χ0v) is 24.2. The van der Waals surface area contributed by atoms with Gasteiger partial charge in [-0.3, -0.25) is 0 Å². The second kappa shape index (κ2) is 13.7. The first-order valence-corrected chi connectivity index (χ1v) is 13.2. The van der Waals surface area contributed by atoms with Gasteiger partial charge in [0.05, 0.1) is 22.3 Å².